The molecule has 1 aliphatic rings. The Morgan fingerprint density at radius 3 is 3.36 bits per heavy atom. The number of aldehydes is 1. The first-order valence-electron chi connectivity index (χ1n) is 3.93. The van der Waals surface area contributed by atoms with E-state index in [2.05, 4.69) is 0 Å². The van der Waals surface area contributed by atoms with E-state index in [0.29, 0.717) is 0 Å². The normalized spacial score (nSPS) is 22.7. The van der Waals surface area contributed by atoms with Gasteiger partial charge in [-0.2, -0.15) is 0 Å². The van der Waals surface area contributed by atoms with Gasteiger partial charge in [0.15, 0.2) is 0 Å². The molecule has 11 heavy (non-hydrogen) atoms. The topological polar surface area (TPSA) is 30.2 Å². The first-order chi connectivity index (χ1) is 5.42. The van der Waals surface area contributed by atoms with Crippen molar-refractivity contribution in [2.45, 2.75) is 25.2 Å². The lowest BCUT2D eigenvalue weighted by molar-refractivity contribution is -0.109. The minimum atomic E-state index is 0.0949. The summed E-state index contributed by atoms with van der Waals surface area (Å²) in [5.74, 6) is 1.10. The molecule has 0 N–H and O–H groups in total. The van der Waals surface area contributed by atoms with Crippen LogP contribution in [-0.2, 0) is 11.2 Å². The van der Waals surface area contributed by atoms with Crippen LogP contribution in [-0.4, -0.2) is 6.29 Å². The quantitative estimate of drug-likeness (QED) is 0.572. The lowest BCUT2D eigenvalue weighted by Gasteiger charge is -2.15. The molecule has 1 atom stereocenters. The SMILES string of the molecule is O=C[C@H]1CCCc2occc21. The summed E-state index contributed by atoms with van der Waals surface area (Å²) in [6.07, 6.45) is 5.74. The first-order valence-corrected chi connectivity index (χ1v) is 3.93. The second kappa shape index (κ2) is 2.53. The predicted molar refractivity (Wildman–Crippen MR) is 40.5 cm³/mol. The van der Waals surface area contributed by atoms with Gasteiger partial charge in [0.1, 0.15) is 12.0 Å². The summed E-state index contributed by atoms with van der Waals surface area (Å²) in [4.78, 5) is 10.6. The van der Waals surface area contributed by atoms with E-state index in [0.717, 1.165) is 36.9 Å². The van der Waals surface area contributed by atoms with Gasteiger partial charge in [-0.15, -0.1) is 0 Å². The second-order valence-electron chi connectivity index (χ2n) is 2.93. The second-order valence-corrected chi connectivity index (χ2v) is 2.93. The number of carbonyl (C=O) groups excluding carboxylic acids is 1. The van der Waals surface area contributed by atoms with Crippen LogP contribution in [0.1, 0.15) is 30.1 Å². The number of rotatable bonds is 1. The monoisotopic (exact) mass is 150 g/mol. The highest BCUT2D eigenvalue weighted by atomic mass is 16.3. The minimum Gasteiger partial charge on any atom is -0.469 e. The molecule has 2 rings (SSSR count). The molecule has 1 aromatic rings. The van der Waals surface area contributed by atoms with E-state index in [1.165, 1.54) is 0 Å². The van der Waals surface area contributed by atoms with Crippen molar-refractivity contribution in [3.63, 3.8) is 0 Å². The molecule has 0 aromatic carbocycles. The van der Waals surface area contributed by atoms with Gasteiger partial charge >= 0.3 is 0 Å². The lowest BCUT2D eigenvalue weighted by atomic mass is 9.89. The number of carbonyl (C=O) groups is 1. The summed E-state index contributed by atoms with van der Waals surface area (Å²) < 4.78 is 5.23. The third-order valence-corrected chi connectivity index (χ3v) is 2.26. The third-order valence-electron chi connectivity index (χ3n) is 2.26. The standard InChI is InChI=1S/C9H10O2/c10-6-7-2-1-3-9-8(7)4-5-11-9/h4-7H,1-3H2/t7-/m1/s1. The van der Waals surface area contributed by atoms with Gasteiger partial charge in [0, 0.05) is 17.9 Å². The van der Waals surface area contributed by atoms with Gasteiger partial charge in [-0.25, -0.2) is 0 Å². The molecule has 0 radical (unpaired) electrons. The number of hydrogen-bond acceptors (Lipinski definition) is 2. The highest BCUT2D eigenvalue weighted by molar-refractivity contribution is 5.63. The zero-order chi connectivity index (χ0) is 7.68. The fourth-order valence-corrected chi connectivity index (χ4v) is 1.66. The van der Waals surface area contributed by atoms with Crippen LogP contribution in [0.5, 0.6) is 0 Å². The van der Waals surface area contributed by atoms with E-state index < -0.39 is 0 Å². The molecule has 0 unspecified atom stereocenters. The Morgan fingerprint density at radius 2 is 2.55 bits per heavy atom. The number of hydrogen-bond donors (Lipinski definition) is 0. The van der Waals surface area contributed by atoms with Crippen LogP contribution >= 0.6 is 0 Å². The molecule has 2 heteroatoms. The van der Waals surface area contributed by atoms with Gasteiger partial charge in [0.2, 0.25) is 0 Å². The molecular weight excluding hydrogens is 140 g/mol. The van der Waals surface area contributed by atoms with Crippen LogP contribution in [0.2, 0.25) is 0 Å². The summed E-state index contributed by atoms with van der Waals surface area (Å²) >= 11 is 0. The first kappa shape index (κ1) is 6.65. The zero-order valence-electron chi connectivity index (χ0n) is 6.25. The fourth-order valence-electron chi connectivity index (χ4n) is 1.66. The van der Waals surface area contributed by atoms with E-state index in [9.17, 15) is 4.79 Å². The molecule has 0 bridgehead atoms. The maximum Gasteiger partial charge on any atom is 0.127 e. The average molecular weight is 150 g/mol. The lowest BCUT2D eigenvalue weighted by Crippen LogP contribution is -2.07. The van der Waals surface area contributed by atoms with E-state index in [4.69, 9.17) is 4.42 Å². The molecule has 0 spiro atoms. The van der Waals surface area contributed by atoms with E-state index >= 15 is 0 Å². The summed E-state index contributed by atoms with van der Waals surface area (Å²) in [5.41, 5.74) is 1.10. The molecule has 0 fully saturated rings. The summed E-state index contributed by atoms with van der Waals surface area (Å²) in [7, 11) is 0. The van der Waals surface area contributed by atoms with Crippen molar-refractivity contribution in [3.8, 4) is 0 Å². The Balaban J connectivity index is 2.39. The molecule has 1 aliphatic carbocycles. The van der Waals surface area contributed by atoms with Gasteiger partial charge in [-0.3, -0.25) is 0 Å². The van der Waals surface area contributed by atoms with Gasteiger partial charge in [0.05, 0.1) is 6.26 Å². The van der Waals surface area contributed by atoms with Crippen LogP contribution in [0.4, 0.5) is 0 Å². The van der Waals surface area contributed by atoms with Gasteiger partial charge < -0.3 is 9.21 Å². The maximum absolute atomic E-state index is 10.6. The molecular formula is C9H10O2. The summed E-state index contributed by atoms with van der Waals surface area (Å²) in [5, 5.41) is 0. The smallest absolute Gasteiger partial charge is 0.127 e. The number of aryl methyl sites for hydroxylation is 1. The minimum absolute atomic E-state index is 0.0949. The zero-order valence-corrected chi connectivity index (χ0v) is 6.25. The largest absolute Gasteiger partial charge is 0.469 e. The number of fused-ring (bicyclic) bond motifs is 1. The van der Waals surface area contributed by atoms with Crippen LogP contribution < -0.4 is 0 Å². The number of furan rings is 1. The van der Waals surface area contributed by atoms with Crippen LogP contribution in [0, 0.1) is 0 Å². The Labute approximate surface area is 65.2 Å². The molecule has 0 saturated heterocycles. The molecule has 1 heterocycles. The van der Waals surface area contributed by atoms with E-state index in [1.807, 2.05) is 6.07 Å². The molecule has 2 nitrogen and oxygen atoms in total. The van der Waals surface area contributed by atoms with Crippen LogP contribution in [0.15, 0.2) is 16.7 Å². The van der Waals surface area contributed by atoms with Crippen molar-refractivity contribution in [1.82, 2.24) is 0 Å². The highest BCUT2D eigenvalue weighted by Crippen LogP contribution is 2.30. The van der Waals surface area contributed by atoms with Crippen LogP contribution in [0.3, 0.4) is 0 Å². The van der Waals surface area contributed by atoms with Crippen molar-refractivity contribution in [2.75, 3.05) is 0 Å². The summed E-state index contributed by atoms with van der Waals surface area (Å²) in [6, 6.07) is 1.91. The fraction of sp³-hybridized carbons (Fsp3) is 0.444. The predicted octanol–water partition coefficient (Wildman–Crippen LogP) is 1.90. The Bertz CT molecular complexity index is 262. The third kappa shape index (κ3) is 0.985. The van der Waals surface area contributed by atoms with Gasteiger partial charge in [-0.1, -0.05) is 0 Å². The Hall–Kier alpha value is -1.05. The molecule has 1 aromatic heterocycles. The van der Waals surface area contributed by atoms with Crippen molar-refractivity contribution in [1.29, 1.82) is 0 Å². The van der Waals surface area contributed by atoms with Crippen molar-refractivity contribution >= 4 is 6.29 Å². The Kier molecular flexibility index (Phi) is 1.53. The molecule has 0 amide bonds. The van der Waals surface area contributed by atoms with Crippen LogP contribution in [0.25, 0.3) is 0 Å². The average Bonchev–Trinajstić information content (AvgIpc) is 2.50. The summed E-state index contributed by atoms with van der Waals surface area (Å²) in [6.45, 7) is 0. The maximum atomic E-state index is 10.6. The van der Waals surface area contributed by atoms with E-state index in [1.54, 1.807) is 6.26 Å². The van der Waals surface area contributed by atoms with Gasteiger partial charge in [-0.05, 0) is 18.9 Å². The van der Waals surface area contributed by atoms with Crippen molar-refractivity contribution in [3.05, 3.63) is 23.7 Å². The molecule has 0 saturated carbocycles. The molecule has 58 valence electrons. The highest BCUT2D eigenvalue weighted by Gasteiger charge is 2.21. The van der Waals surface area contributed by atoms with Gasteiger partial charge in [0.25, 0.3) is 0 Å². The molecule has 0 aliphatic heterocycles. The van der Waals surface area contributed by atoms with Crippen molar-refractivity contribution in [2.24, 2.45) is 0 Å². The Morgan fingerprint density at radius 1 is 1.64 bits per heavy atom. The van der Waals surface area contributed by atoms with Crippen molar-refractivity contribution < 1.29 is 9.21 Å². The van der Waals surface area contributed by atoms with E-state index in [-0.39, 0.29) is 5.92 Å².